The van der Waals surface area contributed by atoms with Crippen molar-refractivity contribution in [2.24, 2.45) is 0 Å². The fourth-order valence-electron chi connectivity index (χ4n) is 1.32. The van der Waals surface area contributed by atoms with E-state index in [-0.39, 0.29) is 11.5 Å². The molecule has 1 aliphatic carbocycles. The van der Waals surface area contributed by atoms with Gasteiger partial charge in [-0.05, 0) is 11.6 Å². The van der Waals surface area contributed by atoms with Gasteiger partial charge in [-0.15, -0.1) is 0 Å². The molecule has 0 spiro atoms. The second kappa shape index (κ2) is 2.09. The summed E-state index contributed by atoms with van der Waals surface area (Å²) in [6.45, 7) is 0. The number of fused-ring (bicyclic) bond motifs is 1. The Hall–Kier alpha value is -1.31. The number of phenolic OH excluding ortho intramolecular Hbond substituents is 1. The summed E-state index contributed by atoms with van der Waals surface area (Å²) < 4.78 is 0. The van der Waals surface area contributed by atoms with Gasteiger partial charge < -0.3 is 5.11 Å². The van der Waals surface area contributed by atoms with Crippen molar-refractivity contribution in [3.63, 3.8) is 0 Å². The van der Waals surface area contributed by atoms with Crippen molar-refractivity contribution in [2.75, 3.05) is 0 Å². The van der Waals surface area contributed by atoms with Crippen LogP contribution in [-0.4, -0.2) is 10.9 Å². The molecule has 0 unspecified atom stereocenters. The first-order chi connectivity index (χ1) is 5.27. The van der Waals surface area contributed by atoms with Crippen LogP contribution in [0.15, 0.2) is 18.2 Å². The van der Waals surface area contributed by atoms with Gasteiger partial charge in [0, 0.05) is 12.0 Å². The van der Waals surface area contributed by atoms with E-state index in [2.05, 4.69) is 0 Å². The standard InChI is InChI=1S/C9H7O2/c10-7-4-6-2-1-3-9(11)8(6)5-7/h1-3,5,11H,4H2. The number of rotatable bonds is 0. The molecule has 11 heavy (non-hydrogen) atoms. The second-order valence-corrected chi connectivity index (χ2v) is 2.64. The Morgan fingerprint density at radius 1 is 1.36 bits per heavy atom. The first kappa shape index (κ1) is 6.40. The van der Waals surface area contributed by atoms with Crippen LogP contribution < -0.4 is 0 Å². The molecule has 1 aliphatic rings. The highest BCUT2D eigenvalue weighted by Gasteiger charge is 2.20. The van der Waals surface area contributed by atoms with Gasteiger partial charge in [-0.3, -0.25) is 4.79 Å². The molecule has 0 saturated heterocycles. The van der Waals surface area contributed by atoms with Gasteiger partial charge in [0.25, 0.3) is 0 Å². The van der Waals surface area contributed by atoms with Crippen LogP contribution in [0, 0.1) is 6.42 Å². The van der Waals surface area contributed by atoms with Crippen molar-refractivity contribution < 1.29 is 9.90 Å². The van der Waals surface area contributed by atoms with Crippen LogP contribution >= 0.6 is 0 Å². The fraction of sp³-hybridized carbons (Fsp3) is 0.111. The SMILES string of the molecule is O=C1[CH]c2c(O)cccc2C1. The largest absolute Gasteiger partial charge is 0.508 e. The normalized spacial score (nSPS) is 15.1. The fourth-order valence-corrected chi connectivity index (χ4v) is 1.32. The van der Waals surface area contributed by atoms with Gasteiger partial charge in [-0.1, -0.05) is 12.1 Å². The minimum atomic E-state index is 0.0708. The van der Waals surface area contributed by atoms with Crippen molar-refractivity contribution in [3.05, 3.63) is 35.7 Å². The monoisotopic (exact) mass is 147 g/mol. The van der Waals surface area contributed by atoms with Gasteiger partial charge >= 0.3 is 0 Å². The lowest BCUT2D eigenvalue weighted by molar-refractivity contribution is -0.114. The first-order valence-corrected chi connectivity index (χ1v) is 3.46. The summed E-state index contributed by atoms with van der Waals surface area (Å²) in [6.07, 6.45) is 1.92. The van der Waals surface area contributed by atoms with Gasteiger partial charge in [0.15, 0.2) is 0 Å². The lowest BCUT2D eigenvalue weighted by atomic mass is 10.1. The van der Waals surface area contributed by atoms with Gasteiger partial charge in [-0.25, -0.2) is 0 Å². The van der Waals surface area contributed by atoms with E-state index >= 15 is 0 Å². The first-order valence-electron chi connectivity index (χ1n) is 3.46. The van der Waals surface area contributed by atoms with E-state index in [1.165, 1.54) is 6.42 Å². The molecule has 2 rings (SSSR count). The molecule has 0 aromatic heterocycles. The van der Waals surface area contributed by atoms with E-state index in [1.807, 2.05) is 6.07 Å². The number of carbonyl (C=O) groups is 1. The maximum atomic E-state index is 10.9. The molecule has 1 N–H and O–H groups in total. The molecule has 0 aliphatic heterocycles. The zero-order valence-corrected chi connectivity index (χ0v) is 5.87. The van der Waals surface area contributed by atoms with Crippen molar-refractivity contribution in [1.82, 2.24) is 0 Å². The van der Waals surface area contributed by atoms with E-state index in [0.717, 1.165) is 5.56 Å². The van der Waals surface area contributed by atoms with E-state index < -0.39 is 0 Å². The molecule has 1 aromatic rings. The van der Waals surface area contributed by atoms with Crippen LogP contribution in [0.3, 0.4) is 0 Å². The van der Waals surface area contributed by atoms with Gasteiger partial charge in [0.05, 0.1) is 6.42 Å². The number of hydrogen-bond acceptors (Lipinski definition) is 2. The Morgan fingerprint density at radius 3 is 2.91 bits per heavy atom. The van der Waals surface area contributed by atoms with Crippen molar-refractivity contribution in [3.8, 4) is 5.75 Å². The van der Waals surface area contributed by atoms with Crippen LogP contribution in [0.25, 0.3) is 0 Å². The smallest absolute Gasteiger partial charge is 0.145 e. The highest BCUT2D eigenvalue weighted by Crippen LogP contribution is 2.28. The highest BCUT2D eigenvalue weighted by atomic mass is 16.3. The molecule has 0 bridgehead atoms. The topological polar surface area (TPSA) is 37.3 Å². The number of aromatic hydroxyl groups is 1. The summed E-state index contributed by atoms with van der Waals surface area (Å²) in [5.74, 6) is 0.273. The predicted molar refractivity (Wildman–Crippen MR) is 40.2 cm³/mol. The van der Waals surface area contributed by atoms with Gasteiger partial charge in [0.1, 0.15) is 11.5 Å². The summed E-state index contributed by atoms with van der Waals surface area (Å²) >= 11 is 0. The Labute approximate surface area is 64.5 Å². The van der Waals surface area contributed by atoms with Crippen molar-refractivity contribution in [1.29, 1.82) is 0 Å². The molecular weight excluding hydrogens is 140 g/mol. The van der Waals surface area contributed by atoms with E-state index in [1.54, 1.807) is 12.1 Å². The number of carbonyl (C=O) groups excluding carboxylic acids is 1. The summed E-state index contributed by atoms with van der Waals surface area (Å²) in [5.41, 5.74) is 1.62. The number of benzene rings is 1. The van der Waals surface area contributed by atoms with Crippen molar-refractivity contribution >= 4 is 5.78 Å². The van der Waals surface area contributed by atoms with Crippen LogP contribution in [0.4, 0.5) is 0 Å². The zero-order chi connectivity index (χ0) is 7.84. The quantitative estimate of drug-likeness (QED) is 0.596. The third kappa shape index (κ3) is 0.909. The zero-order valence-electron chi connectivity index (χ0n) is 5.87. The molecule has 0 atom stereocenters. The second-order valence-electron chi connectivity index (χ2n) is 2.64. The van der Waals surface area contributed by atoms with Crippen LogP contribution in [-0.2, 0) is 11.2 Å². The molecule has 0 heterocycles. The maximum absolute atomic E-state index is 10.9. The highest BCUT2D eigenvalue weighted by molar-refractivity contribution is 5.97. The Kier molecular flexibility index (Phi) is 1.22. The maximum Gasteiger partial charge on any atom is 0.145 e. The molecule has 0 fully saturated rings. The number of phenols is 1. The average Bonchev–Trinajstić information content (AvgIpc) is 2.31. The third-order valence-electron chi connectivity index (χ3n) is 1.84. The molecule has 1 aromatic carbocycles. The van der Waals surface area contributed by atoms with Crippen molar-refractivity contribution in [2.45, 2.75) is 6.42 Å². The average molecular weight is 147 g/mol. The molecule has 0 amide bonds. The molecular formula is C9H7O2. The van der Waals surface area contributed by atoms with E-state index in [9.17, 15) is 9.90 Å². The Balaban J connectivity index is 2.57. The molecule has 2 nitrogen and oxygen atoms in total. The van der Waals surface area contributed by atoms with Crippen LogP contribution in [0.2, 0.25) is 0 Å². The minimum absolute atomic E-state index is 0.0708. The number of Topliss-reactive ketones (excluding diaryl/α,β-unsaturated/α-hetero) is 1. The predicted octanol–water partition coefficient (Wildman–Crippen LogP) is 1.07. The Bertz CT molecular complexity index is 315. The van der Waals surface area contributed by atoms with E-state index in [0.29, 0.717) is 12.0 Å². The van der Waals surface area contributed by atoms with Gasteiger partial charge in [0.2, 0.25) is 0 Å². The van der Waals surface area contributed by atoms with Crippen LogP contribution in [0.1, 0.15) is 11.1 Å². The summed E-state index contributed by atoms with van der Waals surface area (Å²) in [5, 5.41) is 9.27. The third-order valence-corrected chi connectivity index (χ3v) is 1.84. The molecule has 1 radical (unpaired) electrons. The lowest BCUT2D eigenvalue weighted by Crippen LogP contribution is -1.90. The summed E-state index contributed by atoms with van der Waals surface area (Å²) in [6, 6.07) is 5.20. The molecule has 55 valence electrons. The molecule has 0 saturated carbocycles. The summed E-state index contributed by atoms with van der Waals surface area (Å²) in [4.78, 5) is 10.9. The van der Waals surface area contributed by atoms with Gasteiger partial charge in [-0.2, -0.15) is 0 Å². The van der Waals surface area contributed by atoms with Crippen LogP contribution in [0.5, 0.6) is 5.75 Å². The number of hydrogen-bond donors (Lipinski definition) is 1. The lowest BCUT2D eigenvalue weighted by Gasteiger charge is -1.98. The van der Waals surface area contributed by atoms with E-state index in [4.69, 9.17) is 0 Å². The Morgan fingerprint density at radius 2 is 2.18 bits per heavy atom. The minimum Gasteiger partial charge on any atom is -0.508 e. The summed E-state index contributed by atoms with van der Waals surface area (Å²) in [7, 11) is 0. The number of ketones is 1. The molecule has 2 heteroatoms.